The Labute approximate surface area is 99.8 Å². The van der Waals surface area contributed by atoms with Crippen LogP contribution >= 0.6 is 11.6 Å². The first-order valence-corrected chi connectivity index (χ1v) is 6.74. The van der Waals surface area contributed by atoms with Crippen LogP contribution in [-0.4, -0.2) is 28.5 Å². The summed E-state index contributed by atoms with van der Waals surface area (Å²) in [6, 6.07) is 4.73. The van der Waals surface area contributed by atoms with Crippen LogP contribution in [0.1, 0.15) is 0 Å². The molecule has 0 aliphatic rings. The van der Waals surface area contributed by atoms with Crippen LogP contribution in [0.15, 0.2) is 18.2 Å². The van der Waals surface area contributed by atoms with Crippen molar-refractivity contribution in [3.63, 3.8) is 0 Å². The highest BCUT2D eigenvalue weighted by Crippen LogP contribution is 2.27. The third-order valence-electron chi connectivity index (χ3n) is 1.62. The normalized spacial score (nSPS) is 11.2. The van der Waals surface area contributed by atoms with Crippen molar-refractivity contribution in [3.8, 4) is 5.75 Å². The van der Waals surface area contributed by atoms with Gasteiger partial charge >= 0.3 is 0 Å². The highest BCUT2D eigenvalue weighted by molar-refractivity contribution is 7.92. The molecule has 0 saturated heterocycles. The molecule has 5 nitrogen and oxygen atoms in total. The number of benzene rings is 1. The average Bonchev–Trinajstić information content (AvgIpc) is 2.17. The number of rotatable bonds is 5. The fourth-order valence-corrected chi connectivity index (χ4v) is 1.87. The molecule has 7 heteroatoms. The van der Waals surface area contributed by atoms with Gasteiger partial charge in [0.15, 0.2) is 0 Å². The average molecular weight is 265 g/mol. The Morgan fingerprint density at radius 1 is 1.44 bits per heavy atom. The molecular weight excluding hydrogens is 252 g/mol. The lowest BCUT2D eigenvalue weighted by Crippen LogP contribution is -2.14. The van der Waals surface area contributed by atoms with Crippen molar-refractivity contribution in [2.24, 2.45) is 0 Å². The quantitative estimate of drug-likeness (QED) is 0.786. The maximum atomic E-state index is 11.0. The van der Waals surface area contributed by atoms with Crippen LogP contribution in [0.4, 0.5) is 5.69 Å². The highest BCUT2D eigenvalue weighted by Gasteiger charge is 2.07. The Morgan fingerprint density at radius 2 is 2.12 bits per heavy atom. The van der Waals surface area contributed by atoms with Gasteiger partial charge in [0.05, 0.1) is 17.0 Å². The number of anilines is 1. The van der Waals surface area contributed by atoms with Crippen LogP contribution in [0.5, 0.6) is 5.75 Å². The SMILES string of the molecule is CNCOc1ccc(NS(C)(=O)=O)c(Cl)c1. The molecule has 0 aliphatic carbocycles. The molecular formula is C9H13ClN2O3S. The first-order chi connectivity index (χ1) is 7.42. The first kappa shape index (κ1) is 13.1. The van der Waals surface area contributed by atoms with E-state index < -0.39 is 10.0 Å². The Morgan fingerprint density at radius 3 is 2.62 bits per heavy atom. The zero-order valence-corrected chi connectivity index (χ0v) is 10.5. The number of sulfonamides is 1. The molecule has 0 atom stereocenters. The standard InChI is InChI=1S/C9H13ClN2O3S/c1-11-6-15-7-3-4-9(8(10)5-7)12-16(2,13)14/h3-5,11-12H,6H2,1-2H3. The predicted octanol–water partition coefficient (Wildman–Crippen LogP) is 1.27. The number of hydrogen-bond donors (Lipinski definition) is 2. The molecule has 0 aromatic heterocycles. The van der Waals surface area contributed by atoms with E-state index in [1.54, 1.807) is 25.2 Å². The zero-order valence-electron chi connectivity index (χ0n) is 8.95. The summed E-state index contributed by atoms with van der Waals surface area (Å²) >= 11 is 5.89. The molecule has 2 N–H and O–H groups in total. The molecule has 0 heterocycles. The Hall–Kier alpha value is -0.980. The summed E-state index contributed by atoms with van der Waals surface area (Å²) in [5, 5.41) is 3.10. The van der Waals surface area contributed by atoms with E-state index in [4.69, 9.17) is 16.3 Å². The minimum absolute atomic E-state index is 0.291. The van der Waals surface area contributed by atoms with Gasteiger partial charge in [-0.25, -0.2) is 8.42 Å². The number of nitrogens with one attached hydrogen (secondary N) is 2. The molecule has 0 radical (unpaired) electrons. The number of hydrogen-bond acceptors (Lipinski definition) is 4. The van der Waals surface area contributed by atoms with Gasteiger partial charge in [0.1, 0.15) is 12.5 Å². The largest absolute Gasteiger partial charge is 0.478 e. The summed E-state index contributed by atoms with van der Waals surface area (Å²) in [4.78, 5) is 0. The molecule has 90 valence electrons. The van der Waals surface area contributed by atoms with Gasteiger partial charge < -0.3 is 4.74 Å². The summed E-state index contributed by atoms with van der Waals surface area (Å²) in [5.41, 5.74) is 0.334. The summed E-state index contributed by atoms with van der Waals surface area (Å²) in [7, 11) is -1.57. The van der Waals surface area contributed by atoms with E-state index in [-0.39, 0.29) is 0 Å². The summed E-state index contributed by atoms with van der Waals surface area (Å²) in [6.45, 7) is 0.356. The summed E-state index contributed by atoms with van der Waals surface area (Å²) in [5.74, 6) is 0.568. The molecule has 0 aliphatic heterocycles. The van der Waals surface area contributed by atoms with Crippen molar-refractivity contribution in [1.29, 1.82) is 0 Å². The molecule has 0 fully saturated rings. The maximum absolute atomic E-state index is 11.0. The van der Waals surface area contributed by atoms with Crippen molar-refractivity contribution >= 4 is 27.3 Å². The van der Waals surface area contributed by atoms with Crippen LogP contribution in [0, 0.1) is 0 Å². The Balaban J connectivity index is 2.83. The lowest BCUT2D eigenvalue weighted by molar-refractivity contribution is 0.296. The summed E-state index contributed by atoms with van der Waals surface area (Å²) < 4.78 is 29.5. The van der Waals surface area contributed by atoms with E-state index in [1.807, 2.05) is 0 Å². The highest BCUT2D eigenvalue weighted by atomic mass is 35.5. The van der Waals surface area contributed by atoms with Crippen molar-refractivity contribution in [2.45, 2.75) is 0 Å². The van der Waals surface area contributed by atoms with Gasteiger partial charge in [0.25, 0.3) is 0 Å². The van der Waals surface area contributed by atoms with Gasteiger partial charge in [-0.05, 0) is 19.2 Å². The van der Waals surface area contributed by atoms with E-state index in [0.29, 0.717) is 23.2 Å². The van der Waals surface area contributed by atoms with Crippen LogP contribution in [0.25, 0.3) is 0 Å². The van der Waals surface area contributed by atoms with E-state index in [0.717, 1.165) is 6.26 Å². The van der Waals surface area contributed by atoms with Gasteiger partial charge in [0, 0.05) is 6.07 Å². The maximum Gasteiger partial charge on any atom is 0.229 e. The third-order valence-corrected chi connectivity index (χ3v) is 2.52. The minimum atomic E-state index is -3.32. The number of halogens is 1. The molecule has 1 aromatic rings. The Bertz CT molecular complexity index is 462. The van der Waals surface area contributed by atoms with Crippen molar-refractivity contribution in [2.75, 3.05) is 24.8 Å². The monoisotopic (exact) mass is 264 g/mol. The topological polar surface area (TPSA) is 67.4 Å². The van der Waals surface area contributed by atoms with Crippen LogP contribution in [0.2, 0.25) is 5.02 Å². The zero-order chi connectivity index (χ0) is 12.2. The van der Waals surface area contributed by atoms with E-state index >= 15 is 0 Å². The summed E-state index contributed by atoms with van der Waals surface area (Å²) in [6.07, 6.45) is 1.06. The molecule has 1 aromatic carbocycles. The van der Waals surface area contributed by atoms with Gasteiger partial charge in [-0.2, -0.15) is 0 Å². The predicted molar refractivity (Wildman–Crippen MR) is 64.5 cm³/mol. The molecule has 16 heavy (non-hydrogen) atoms. The second-order valence-electron chi connectivity index (χ2n) is 3.16. The molecule has 1 rings (SSSR count). The van der Waals surface area contributed by atoms with Gasteiger partial charge in [0.2, 0.25) is 10.0 Å². The molecule has 0 unspecified atom stereocenters. The second-order valence-corrected chi connectivity index (χ2v) is 5.31. The van der Waals surface area contributed by atoms with Gasteiger partial charge in [-0.3, -0.25) is 10.0 Å². The fraction of sp³-hybridized carbons (Fsp3) is 0.333. The molecule has 0 amide bonds. The van der Waals surface area contributed by atoms with Crippen LogP contribution in [-0.2, 0) is 10.0 Å². The fourth-order valence-electron chi connectivity index (χ4n) is 1.02. The molecule has 0 saturated carbocycles. The third kappa shape index (κ3) is 4.26. The van der Waals surface area contributed by atoms with E-state index in [9.17, 15) is 8.42 Å². The van der Waals surface area contributed by atoms with Gasteiger partial charge in [-0.15, -0.1) is 0 Å². The number of ether oxygens (including phenoxy) is 1. The molecule has 0 spiro atoms. The second kappa shape index (κ2) is 5.38. The van der Waals surface area contributed by atoms with Crippen molar-refractivity contribution in [1.82, 2.24) is 5.32 Å². The van der Waals surface area contributed by atoms with Crippen LogP contribution in [0.3, 0.4) is 0 Å². The lowest BCUT2D eigenvalue weighted by Gasteiger charge is -2.09. The Kier molecular flexibility index (Phi) is 4.40. The van der Waals surface area contributed by atoms with Crippen molar-refractivity contribution < 1.29 is 13.2 Å². The van der Waals surface area contributed by atoms with E-state index in [1.165, 1.54) is 0 Å². The van der Waals surface area contributed by atoms with Crippen molar-refractivity contribution in [3.05, 3.63) is 23.2 Å². The first-order valence-electron chi connectivity index (χ1n) is 4.47. The van der Waals surface area contributed by atoms with Crippen LogP contribution < -0.4 is 14.8 Å². The molecule has 0 bridgehead atoms. The lowest BCUT2D eigenvalue weighted by atomic mass is 10.3. The van der Waals surface area contributed by atoms with Gasteiger partial charge in [-0.1, -0.05) is 11.6 Å². The minimum Gasteiger partial charge on any atom is -0.478 e. The van der Waals surface area contributed by atoms with E-state index in [2.05, 4.69) is 10.0 Å². The smallest absolute Gasteiger partial charge is 0.229 e.